The van der Waals surface area contributed by atoms with Crippen molar-refractivity contribution in [1.82, 2.24) is 4.90 Å². The van der Waals surface area contributed by atoms with Crippen molar-refractivity contribution in [2.45, 2.75) is 31.5 Å². The Labute approximate surface area is 98.1 Å². The first-order chi connectivity index (χ1) is 7.86. The minimum Gasteiger partial charge on any atom is -0.395 e. The molecular weight excluding hydrogens is 235 g/mol. The van der Waals surface area contributed by atoms with E-state index in [-0.39, 0.29) is 25.7 Å². The third-order valence-electron chi connectivity index (χ3n) is 3.17. The predicted molar refractivity (Wildman–Crippen MR) is 57.8 cm³/mol. The summed E-state index contributed by atoms with van der Waals surface area (Å²) in [5.41, 5.74) is 5.00. The molecule has 1 unspecified atom stereocenters. The zero-order valence-corrected chi connectivity index (χ0v) is 9.50. The molecule has 0 amide bonds. The molecule has 100 valence electrons. The van der Waals surface area contributed by atoms with Crippen molar-refractivity contribution < 1.29 is 18.3 Å². The number of hydrogen-bond acceptors (Lipinski definition) is 3. The van der Waals surface area contributed by atoms with Crippen LogP contribution in [0.25, 0.3) is 0 Å². The molecule has 4 N–H and O–H groups in total. The standard InChI is InChI=1S/C10H18F3N3O/c11-10(12,13)8(9(14)15)6-16(4-5-17)7-2-1-3-7/h7-8,17H,1-6H2,(H3,14,15). The number of alkyl halides is 3. The summed E-state index contributed by atoms with van der Waals surface area (Å²) in [4.78, 5) is 1.59. The van der Waals surface area contributed by atoms with Gasteiger partial charge in [0.15, 0.2) is 0 Å². The van der Waals surface area contributed by atoms with Crippen LogP contribution in [0.15, 0.2) is 0 Å². The van der Waals surface area contributed by atoms with E-state index in [0.29, 0.717) is 0 Å². The van der Waals surface area contributed by atoms with Gasteiger partial charge in [0.05, 0.1) is 6.61 Å². The number of hydrogen-bond donors (Lipinski definition) is 3. The van der Waals surface area contributed by atoms with Gasteiger partial charge in [-0.05, 0) is 12.8 Å². The van der Waals surface area contributed by atoms with Gasteiger partial charge in [-0.15, -0.1) is 0 Å². The quantitative estimate of drug-likeness (QED) is 0.487. The smallest absolute Gasteiger partial charge is 0.395 e. The summed E-state index contributed by atoms with van der Waals surface area (Å²) in [6, 6.07) is 0.0892. The number of amidine groups is 1. The molecule has 7 heteroatoms. The molecule has 1 aliphatic rings. The van der Waals surface area contributed by atoms with Crippen molar-refractivity contribution in [1.29, 1.82) is 5.41 Å². The molecule has 0 bridgehead atoms. The number of aliphatic hydroxyl groups is 1. The van der Waals surface area contributed by atoms with Gasteiger partial charge in [-0.1, -0.05) is 6.42 Å². The zero-order valence-electron chi connectivity index (χ0n) is 9.50. The topological polar surface area (TPSA) is 73.3 Å². The van der Waals surface area contributed by atoms with E-state index in [2.05, 4.69) is 0 Å². The molecule has 0 aromatic carbocycles. The van der Waals surface area contributed by atoms with Gasteiger partial charge in [0, 0.05) is 19.1 Å². The molecule has 1 atom stereocenters. The van der Waals surface area contributed by atoms with Crippen LogP contribution in [0.3, 0.4) is 0 Å². The average molecular weight is 253 g/mol. The molecule has 17 heavy (non-hydrogen) atoms. The van der Waals surface area contributed by atoms with Crippen molar-refractivity contribution in [2.75, 3.05) is 19.7 Å². The summed E-state index contributed by atoms with van der Waals surface area (Å²) < 4.78 is 37.9. The normalized spacial score (nSPS) is 19.1. The second kappa shape index (κ2) is 5.68. The molecule has 0 aromatic rings. The van der Waals surface area contributed by atoms with Crippen LogP contribution in [0.2, 0.25) is 0 Å². The van der Waals surface area contributed by atoms with Gasteiger partial charge in [-0.25, -0.2) is 0 Å². The summed E-state index contributed by atoms with van der Waals surface area (Å²) in [6.45, 7) is -0.312. The number of nitrogens with two attached hydrogens (primary N) is 1. The fourth-order valence-electron chi connectivity index (χ4n) is 1.92. The van der Waals surface area contributed by atoms with Crippen molar-refractivity contribution >= 4 is 5.84 Å². The monoisotopic (exact) mass is 253 g/mol. The van der Waals surface area contributed by atoms with E-state index in [1.165, 1.54) is 0 Å². The van der Waals surface area contributed by atoms with Crippen LogP contribution >= 0.6 is 0 Å². The highest BCUT2D eigenvalue weighted by atomic mass is 19.4. The van der Waals surface area contributed by atoms with Gasteiger partial charge in [-0.2, -0.15) is 13.2 Å². The third-order valence-corrected chi connectivity index (χ3v) is 3.17. The molecule has 0 radical (unpaired) electrons. The van der Waals surface area contributed by atoms with Crippen molar-refractivity contribution in [2.24, 2.45) is 11.7 Å². The highest BCUT2D eigenvalue weighted by Gasteiger charge is 2.43. The van der Waals surface area contributed by atoms with Crippen LogP contribution in [0.5, 0.6) is 0 Å². The second-order valence-electron chi connectivity index (χ2n) is 4.35. The van der Waals surface area contributed by atoms with Crippen LogP contribution in [0.4, 0.5) is 13.2 Å². The SMILES string of the molecule is N=C(N)C(CN(CCO)C1CCC1)C(F)(F)F. The molecule has 1 saturated carbocycles. The maximum atomic E-state index is 12.6. The fourth-order valence-corrected chi connectivity index (χ4v) is 1.92. The van der Waals surface area contributed by atoms with Crippen LogP contribution in [-0.4, -0.2) is 47.8 Å². The van der Waals surface area contributed by atoms with Gasteiger partial charge in [0.25, 0.3) is 0 Å². The summed E-state index contributed by atoms with van der Waals surface area (Å²) >= 11 is 0. The lowest BCUT2D eigenvalue weighted by atomic mass is 9.90. The molecule has 0 aromatic heterocycles. The number of aliphatic hydroxyl groups excluding tert-OH is 1. The first-order valence-electron chi connectivity index (χ1n) is 5.61. The summed E-state index contributed by atoms with van der Waals surface area (Å²) in [6.07, 6.45) is -1.79. The Kier molecular flexibility index (Phi) is 4.76. The van der Waals surface area contributed by atoms with Crippen LogP contribution < -0.4 is 5.73 Å². The van der Waals surface area contributed by atoms with Crippen LogP contribution in [-0.2, 0) is 0 Å². The molecule has 0 aliphatic heterocycles. The number of nitrogens with one attached hydrogen (secondary N) is 1. The largest absolute Gasteiger partial charge is 0.399 e. The molecule has 0 spiro atoms. The number of halogens is 3. The van der Waals surface area contributed by atoms with Crippen LogP contribution in [0.1, 0.15) is 19.3 Å². The van der Waals surface area contributed by atoms with E-state index in [4.69, 9.17) is 16.2 Å². The Morgan fingerprint density at radius 3 is 2.35 bits per heavy atom. The average Bonchev–Trinajstić information content (AvgIpc) is 2.08. The minimum absolute atomic E-state index is 0.0892. The fraction of sp³-hybridized carbons (Fsp3) is 0.900. The van der Waals surface area contributed by atoms with E-state index in [1.807, 2.05) is 0 Å². The van der Waals surface area contributed by atoms with E-state index in [9.17, 15) is 13.2 Å². The molecule has 1 aliphatic carbocycles. The Morgan fingerprint density at radius 2 is 2.06 bits per heavy atom. The number of rotatable bonds is 6. The second-order valence-corrected chi connectivity index (χ2v) is 4.35. The Morgan fingerprint density at radius 1 is 1.47 bits per heavy atom. The lowest BCUT2D eigenvalue weighted by Crippen LogP contribution is -2.50. The minimum atomic E-state index is -4.50. The Balaban J connectivity index is 2.64. The van der Waals surface area contributed by atoms with Crippen molar-refractivity contribution in [3.63, 3.8) is 0 Å². The van der Waals surface area contributed by atoms with Crippen molar-refractivity contribution in [3.8, 4) is 0 Å². The first kappa shape index (κ1) is 14.2. The Bertz CT molecular complexity index is 266. The molecule has 0 saturated heterocycles. The van der Waals surface area contributed by atoms with Gasteiger partial charge in [-0.3, -0.25) is 10.3 Å². The highest BCUT2D eigenvalue weighted by molar-refractivity contribution is 5.80. The van der Waals surface area contributed by atoms with E-state index in [0.717, 1.165) is 19.3 Å². The predicted octanol–water partition coefficient (Wildman–Crippen LogP) is 0.948. The molecular formula is C10H18F3N3O. The van der Waals surface area contributed by atoms with Gasteiger partial charge >= 0.3 is 6.18 Å². The highest BCUT2D eigenvalue weighted by Crippen LogP contribution is 2.30. The van der Waals surface area contributed by atoms with Crippen molar-refractivity contribution in [3.05, 3.63) is 0 Å². The lowest BCUT2D eigenvalue weighted by molar-refractivity contribution is -0.162. The Hall–Kier alpha value is -0.820. The van der Waals surface area contributed by atoms with Gasteiger partial charge in [0.2, 0.25) is 0 Å². The maximum Gasteiger partial charge on any atom is 0.399 e. The first-order valence-corrected chi connectivity index (χ1v) is 5.61. The lowest BCUT2D eigenvalue weighted by Gasteiger charge is -2.39. The number of nitrogens with zero attached hydrogens (tertiary/aromatic N) is 1. The molecule has 4 nitrogen and oxygen atoms in total. The molecule has 1 fully saturated rings. The van der Waals surface area contributed by atoms with E-state index in [1.54, 1.807) is 4.90 Å². The molecule has 1 rings (SSSR count). The third kappa shape index (κ3) is 3.85. The molecule has 0 heterocycles. The zero-order chi connectivity index (χ0) is 13.1. The van der Waals surface area contributed by atoms with Gasteiger partial charge < -0.3 is 10.8 Å². The summed E-state index contributed by atoms with van der Waals surface area (Å²) in [5.74, 6) is -2.80. The van der Waals surface area contributed by atoms with Crippen LogP contribution in [0, 0.1) is 11.3 Å². The maximum absolute atomic E-state index is 12.6. The van der Waals surface area contributed by atoms with Gasteiger partial charge in [0.1, 0.15) is 11.8 Å². The summed E-state index contributed by atoms with van der Waals surface area (Å²) in [5, 5.41) is 15.9. The summed E-state index contributed by atoms with van der Waals surface area (Å²) in [7, 11) is 0. The van der Waals surface area contributed by atoms with E-state index >= 15 is 0 Å². The van der Waals surface area contributed by atoms with E-state index < -0.39 is 17.9 Å².